The van der Waals surface area contributed by atoms with E-state index in [9.17, 15) is 0 Å². The maximum Gasteiger partial charge on any atom is 0.0412 e. The number of aryl methyl sites for hydroxylation is 2. The molecule has 114 valence electrons. The van der Waals surface area contributed by atoms with Gasteiger partial charge in [-0.1, -0.05) is 57.0 Å². The van der Waals surface area contributed by atoms with Gasteiger partial charge >= 0.3 is 0 Å². The molecule has 1 nitrogen and oxygen atoms in total. The minimum atomic E-state index is 0.472. The Morgan fingerprint density at radius 2 is 1.65 bits per heavy atom. The van der Waals surface area contributed by atoms with Gasteiger partial charge in [-0.05, 0) is 38.3 Å². The van der Waals surface area contributed by atoms with Crippen molar-refractivity contribution in [3.63, 3.8) is 0 Å². The molecule has 2 atom stereocenters. The predicted octanol–water partition coefficient (Wildman–Crippen LogP) is 5.12. The van der Waals surface area contributed by atoms with Gasteiger partial charge in [0.05, 0.1) is 0 Å². The highest BCUT2D eigenvalue weighted by Gasteiger charge is 2.15. The second-order valence-electron chi connectivity index (χ2n) is 6.21. The first kappa shape index (κ1) is 17.6. The molecule has 1 aromatic carbocycles. The molecule has 0 spiro atoms. The van der Waals surface area contributed by atoms with Crippen molar-refractivity contribution in [2.24, 2.45) is 5.92 Å². The molecule has 1 N–H and O–H groups in total. The molecular formula is C18H31NS. The maximum absolute atomic E-state index is 3.71. The Labute approximate surface area is 129 Å². The zero-order valence-corrected chi connectivity index (χ0v) is 14.8. The minimum Gasteiger partial charge on any atom is -0.309 e. The monoisotopic (exact) mass is 293 g/mol. The number of hydrogen-bond donors (Lipinski definition) is 1. The van der Waals surface area contributed by atoms with E-state index in [-0.39, 0.29) is 0 Å². The largest absolute Gasteiger partial charge is 0.309 e. The summed E-state index contributed by atoms with van der Waals surface area (Å²) in [4.78, 5) is 0. The number of hydrogen-bond acceptors (Lipinski definition) is 2. The Bertz CT molecular complexity index is 380. The Hall–Kier alpha value is -0.470. The molecule has 0 fully saturated rings. The average molecular weight is 294 g/mol. The zero-order chi connectivity index (χ0) is 15.1. The Balaban J connectivity index is 2.77. The summed E-state index contributed by atoms with van der Waals surface area (Å²) in [6.07, 6.45) is 1.19. The number of nitrogens with one attached hydrogen (secondary N) is 1. The number of thioether (sulfide) groups is 1. The van der Waals surface area contributed by atoms with Crippen LogP contribution in [0.5, 0.6) is 0 Å². The van der Waals surface area contributed by atoms with Gasteiger partial charge in [0.15, 0.2) is 0 Å². The fourth-order valence-corrected chi connectivity index (χ4v) is 3.43. The summed E-state index contributed by atoms with van der Waals surface area (Å²) in [5, 5.41) is 4.43. The van der Waals surface area contributed by atoms with E-state index >= 15 is 0 Å². The smallest absolute Gasteiger partial charge is 0.0412 e. The number of rotatable bonds is 8. The fourth-order valence-electron chi connectivity index (χ4n) is 2.24. The molecule has 2 unspecified atom stereocenters. The van der Waals surface area contributed by atoms with Crippen LogP contribution in [0.1, 0.15) is 56.8 Å². The summed E-state index contributed by atoms with van der Waals surface area (Å²) in [5.41, 5.74) is 4.18. The lowest BCUT2D eigenvalue weighted by Gasteiger charge is -2.23. The van der Waals surface area contributed by atoms with Gasteiger partial charge in [-0.3, -0.25) is 0 Å². The van der Waals surface area contributed by atoms with Crippen molar-refractivity contribution >= 4 is 11.8 Å². The molecule has 0 radical (unpaired) electrons. The normalized spacial score (nSPS) is 14.6. The second kappa shape index (κ2) is 8.74. The van der Waals surface area contributed by atoms with Crippen LogP contribution in [0, 0.1) is 19.8 Å². The molecular weight excluding hydrogens is 262 g/mol. The van der Waals surface area contributed by atoms with Crippen molar-refractivity contribution in [3.05, 3.63) is 34.9 Å². The van der Waals surface area contributed by atoms with E-state index in [2.05, 4.69) is 76.8 Å². The molecule has 2 heteroatoms. The molecule has 0 aliphatic heterocycles. The summed E-state index contributed by atoms with van der Waals surface area (Å²) >= 11 is 2.09. The molecule has 20 heavy (non-hydrogen) atoms. The van der Waals surface area contributed by atoms with Gasteiger partial charge in [-0.2, -0.15) is 11.8 Å². The highest BCUT2D eigenvalue weighted by atomic mass is 32.2. The SMILES string of the molecule is CCCNC(CSC(C)C(C)C)c1cc(C)cc(C)c1. The summed E-state index contributed by atoms with van der Waals surface area (Å²) < 4.78 is 0. The zero-order valence-electron chi connectivity index (χ0n) is 14.0. The fraction of sp³-hybridized carbons (Fsp3) is 0.667. The van der Waals surface area contributed by atoms with Crippen molar-refractivity contribution in [3.8, 4) is 0 Å². The van der Waals surface area contributed by atoms with Crippen molar-refractivity contribution in [2.75, 3.05) is 12.3 Å². The molecule has 0 heterocycles. The van der Waals surface area contributed by atoms with Gasteiger partial charge in [0, 0.05) is 17.0 Å². The first-order chi connectivity index (χ1) is 9.43. The van der Waals surface area contributed by atoms with Gasteiger partial charge < -0.3 is 5.32 Å². The predicted molar refractivity (Wildman–Crippen MR) is 93.7 cm³/mol. The van der Waals surface area contributed by atoms with Crippen LogP contribution in [0.3, 0.4) is 0 Å². The molecule has 1 aromatic rings. The summed E-state index contributed by atoms with van der Waals surface area (Å²) in [5.74, 6) is 1.90. The van der Waals surface area contributed by atoms with Crippen LogP contribution in [0.4, 0.5) is 0 Å². The standard InChI is InChI=1S/C18H31NS/c1-7-8-19-18(12-20-16(6)13(2)3)17-10-14(4)9-15(5)11-17/h9-11,13,16,18-19H,7-8,12H2,1-6H3. The maximum atomic E-state index is 3.71. The van der Waals surface area contributed by atoms with Gasteiger partial charge in [-0.25, -0.2) is 0 Å². The molecule has 0 bridgehead atoms. The minimum absolute atomic E-state index is 0.472. The van der Waals surface area contributed by atoms with E-state index in [1.54, 1.807) is 0 Å². The van der Waals surface area contributed by atoms with E-state index in [0.29, 0.717) is 11.3 Å². The Morgan fingerprint density at radius 3 is 2.15 bits per heavy atom. The van der Waals surface area contributed by atoms with Crippen LogP contribution in [0.2, 0.25) is 0 Å². The highest BCUT2D eigenvalue weighted by Crippen LogP contribution is 2.26. The molecule has 0 aliphatic carbocycles. The van der Waals surface area contributed by atoms with Crippen molar-refractivity contribution in [2.45, 2.75) is 59.3 Å². The van der Waals surface area contributed by atoms with Crippen LogP contribution in [0.25, 0.3) is 0 Å². The van der Waals surface area contributed by atoms with Crippen LogP contribution in [-0.2, 0) is 0 Å². The van der Waals surface area contributed by atoms with E-state index in [1.807, 2.05) is 0 Å². The molecule has 0 saturated heterocycles. The second-order valence-corrected chi connectivity index (χ2v) is 7.62. The van der Waals surface area contributed by atoms with Crippen LogP contribution in [-0.4, -0.2) is 17.5 Å². The van der Waals surface area contributed by atoms with Crippen molar-refractivity contribution in [1.29, 1.82) is 0 Å². The molecule has 0 saturated carbocycles. The van der Waals surface area contributed by atoms with Crippen LogP contribution < -0.4 is 5.32 Å². The lowest BCUT2D eigenvalue weighted by atomic mass is 10.0. The van der Waals surface area contributed by atoms with Crippen molar-refractivity contribution < 1.29 is 0 Å². The lowest BCUT2D eigenvalue weighted by Crippen LogP contribution is -2.25. The van der Waals surface area contributed by atoms with E-state index in [1.165, 1.54) is 23.1 Å². The topological polar surface area (TPSA) is 12.0 Å². The first-order valence-electron chi connectivity index (χ1n) is 7.87. The molecule has 0 amide bonds. The Morgan fingerprint density at radius 1 is 1.05 bits per heavy atom. The summed E-state index contributed by atoms with van der Waals surface area (Å²) in [6.45, 7) is 14.7. The van der Waals surface area contributed by atoms with Gasteiger partial charge in [0.1, 0.15) is 0 Å². The Kier molecular flexibility index (Phi) is 7.68. The van der Waals surface area contributed by atoms with E-state index < -0.39 is 0 Å². The third-order valence-electron chi connectivity index (χ3n) is 3.75. The molecule has 0 aliphatic rings. The third kappa shape index (κ3) is 5.88. The quantitative estimate of drug-likeness (QED) is 0.714. The van der Waals surface area contributed by atoms with Crippen LogP contribution >= 0.6 is 11.8 Å². The highest BCUT2D eigenvalue weighted by molar-refractivity contribution is 7.99. The molecule has 0 aromatic heterocycles. The number of benzene rings is 1. The van der Waals surface area contributed by atoms with Gasteiger partial charge in [0.25, 0.3) is 0 Å². The van der Waals surface area contributed by atoms with E-state index in [4.69, 9.17) is 0 Å². The average Bonchev–Trinajstić information content (AvgIpc) is 2.37. The van der Waals surface area contributed by atoms with Gasteiger partial charge in [-0.15, -0.1) is 0 Å². The third-order valence-corrected chi connectivity index (χ3v) is 5.35. The van der Waals surface area contributed by atoms with Gasteiger partial charge in [0.2, 0.25) is 0 Å². The first-order valence-corrected chi connectivity index (χ1v) is 8.92. The summed E-state index contributed by atoms with van der Waals surface area (Å²) in [6, 6.07) is 7.39. The van der Waals surface area contributed by atoms with E-state index in [0.717, 1.165) is 18.2 Å². The summed E-state index contributed by atoms with van der Waals surface area (Å²) in [7, 11) is 0. The van der Waals surface area contributed by atoms with Crippen molar-refractivity contribution in [1.82, 2.24) is 5.32 Å². The van der Waals surface area contributed by atoms with Crippen LogP contribution in [0.15, 0.2) is 18.2 Å². The lowest BCUT2D eigenvalue weighted by molar-refractivity contribution is 0.573. The molecule has 1 rings (SSSR count).